The van der Waals surface area contributed by atoms with E-state index >= 15 is 0 Å². The molecule has 1 amide bonds. The Morgan fingerprint density at radius 1 is 1.20 bits per heavy atom. The minimum absolute atomic E-state index is 0.218. The van der Waals surface area contributed by atoms with E-state index in [2.05, 4.69) is 21.2 Å². The van der Waals surface area contributed by atoms with E-state index < -0.39 is 18.0 Å². The van der Waals surface area contributed by atoms with Gasteiger partial charge in [-0.2, -0.15) is 0 Å². The lowest BCUT2D eigenvalue weighted by atomic mass is 10.2. The van der Waals surface area contributed by atoms with Crippen LogP contribution in [0.3, 0.4) is 0 Å². The maximum absolute atomic E-state index is 12.8. The Kier molecular flexibility index (Phi) is 6.94. The molecule has 0 aliphatic heterocycles. The van der Waals surface area contributed by atoms with Crippen LogP contribution in [-0.4, -0.2) is 24.6 Å². The van der Waals surface area contributed by atoms with Crippen molar-refractivity contribution in [1.29, 1.82) is 0 Å². The molecule has 0 saturated heterocycles. The zero-order chi connectivity index (χ0) is 18.2. The van der Waals surface area contributed by atoms with Crippen molar-refractivity contribution in [2.24, 2.45) is 0 Å². The van der Waals surface area contributed by atoms with Crippen LogP contribution in [0.25, 0.3) is 0 Å². The van der Waals surface area contributed by atoms with E-state index in [1.54, 1.807) is 30.3 Å². The van der Waals surface area contributed by atoms with Crippen LogP contribution in [0.5, 0.6) is 5.75 Å². The summed E-state index contributed by atoms with van der Waals surface area (Å²) in [7, 11) is 0. The number of carbonyl (C=O) groups is 2. The molecule has 0 fully saturated rings. The predicted molar refractivity (Wildman–Crippen MR) is 93.4 cm³/mol. The smallest absolute Gasteiger partial charge is 0.344 e. The van der Waals surface area contributed by atoms with Crippen LogP contribution in [-0.2, 0) is 20.9 Å². The van der Waals surface area contributed by atoms with Gasteiger partial charge in [-0.1, -0.05) is 34.1 Å². The lowest BCUT2D eigenvalue weighted by molar-refractivity contribution is -0.156. The molecule has 2 aromatic rings. The van der Waals surface area contributed by atoms with Crippen molar-refractivity contribution in [2.45, 2.75) is 19.6 Å². The van der Waals surface area contributed by atoms with Gasteiger partial charge in [0.25, 0.3) is 5.91 Å². The number of amides is 1. The Morgan fingerprint density at radius 3 is 2.60 bits per heavy atom. The van der Waals surface area contributed by atoms with Gasteiger partial charge in [0, 0.05) is 11.0 Å². The number of nitrogens with one attached hydrogen (secondary N) is 1. The van der Waals surface area contributed by atoms with Gasteiger partial charge >= 0.3 is 5.97 Å². The molecule has 0 aliphatic carbocycles. The Hall–Kier alpha value is -2.41. The van der Waals surface area contributed by atoms with E-state index in [1.807, 2.05) is 6.07 Å². The van der Waals surface area contributed by atoms with Gasteiger partial charge in [-0.15, -0.1) is 0 Å². The molecule has 0 aliphatic rings. The Labute approximate surface area is 153 Å². The first kappa shape index (κ1) is 18.9. The summed E-state index contributed by atoms with van der Waals surface area (Å²) in [5, 5.41) is 2.62. The van der Waals surface area contributed by atoms with Gasteiger partial charge in [0.2, 0.25) is 0 Å². The molecule has 132 valence electrons. The molecule has 0 spiro atoms. The molecule has 0 aromatic heterocycles. The third-order valence-electron chi connectivity index (χ3n) is 3.21. The number of hydrogen-bond donors (Lipinski definition) is 1. The third-order valence-corrected chi connectivity index (χ3v) is 3.70. The third kappa shape index (κ3) is 6.54. The summed E-state index contributed by atoms with van der Waals surface area (Å²) in [6.45, 7) is 1.39. The molecule has 5 nitrogen and oxygen atoms in total. The van der Waals surface area contributed by atoms with Crippen molar-refractivity contribution in [3.05, 3.63) is 64.4 Å². The fourth-order valence-corrected chi connectivity index (χ4v) is 2.30. The number of halogens is 2. The molecule has 1 atom stereocenters. The van der Waals surface area contributed by atoms with Gasteiger partial charge in [0.05, 0.1) is 0 Å². The summed E-state index contributed by atoms with van der Waals surface area (Å²) in [4.78, 5) is 23.7. The van der Waals surface area contributed by atoms with Crippen molar-refractivity contribution in [3.63, 3.8) is 0 Å². The first-order valence-corrected chi connectivity index (χ1v) is 8.33. The van der Waals surface area contributed by atoms with Crippen molar-refractivity contribution < 1.29 is 23.5 Å². The number of carbonyl (C=O) groups excluding carboxylic acids is 2. The highest BCUT2D eigenvalue weighted by Crippen LogP contribution is 2.17. The van der Waals surface area contributed by atoms with E-state index in [0.29, 0.717) is 5.75 Å². The van der Waals surface area contributed by atoms with Gasteiger partial charge < -0.3 is 14.8 Å². The van der Waals surface area contributed by atoms with Gasteiger partial charge in [0.15, 0.2) is 12.7 Å². The largest absolute Gasteiger partial charge is 0.482 e. The molecule has 7 heteroatoms. The Balaban J connectivity index is 1.74. The number of hydrogen-bond acceptors (Lipinski definition) is 4. The molecular formula is C18H17BrFNO4. The van der Waals surface area contributed by atoms with E-state index in [9.17, 15) is 14.0 Å². The van der Waals surface area contributed by atoms with Crippen LogP contribution in [0, 0.1) is 5.82 Å². The predicted octanol–water partition coefficient (Wildman–Crippen LogP) is 3.22. The van der Waals surface area contributed by atoms with Crippen LogP contribution in [0.15, 0.2) is 53.0 Å². The van der Waals surface area contributed by atoms with E-state index in [0.717, 1.165) is 10.0 Å². The van der Waals surface area contributed by atoms with Gasteiger partial charge in [-0.25, -0.2) is 9.18 Å². The number of rotatable bonds is 7. The molecule has 0 saturated carbocycles. The zero-order valence-corrected chi connectivity index (χ0v) is 15.1. The van der Waals surface area contributed by atoms with Crippen molar-refractivity contribution in [3.8, 4) is 5.75 Å². The second-order valence-corrected chi connectivity index (χ2v) is 6.14. The molecule has 25 heavy (non-hydrogen) atoms. The first-order valence-electron chi connectivity index (χ1n) is 7.54. The van der Waals surface area contributed by atoms with Gasteiger partial charge in [0.1, 0.15) is 11.6 Å². The highest BCUT2D eigenvalue weighted by molar-refractivity contribution is 9.10. The van der Waals surface area contributed by atoms with Crippen molar-refractivity contribution >= 4 is 27.8 Å². The van der Waals surface area contributed by atoms with Crippen LogP contribution in [0.2, 0.25) is 0 Å². The van der Waals surface area contributed by atoms with E-state index in [1.165, 1.54) is 19.1 Å². The van der Waals surface area contributed by atoms with Crippen molar-refractivity contribution in [2.75, 3.05) is 6.61 Å². The van der Waals surface area contributed by atoms with Gasteiger partial charge in [-0.05, 0) is 42.8 Å². The summed E-state index contributed by atoms with van der Waals surface area (Å²) in [5.41, 5.74) is 0.742. The lowest BCUT2D eigenvalue weighted by Crippen LogP contribution is -2.36. The summed E-state index contributed by atoms with van der Waals surface area (Å²) < 4.78 is 24.0. The Morgan fingerprint density at radius 2 is 1.92 bits per heavy atom. The highest BCUT2D eigenvalue weighted by Gasteiger charge is 2.17. The van der Waals surface area contributed by atoms with Crippen LogP contribution in [0.4, 0.5) is 4.39 Å². The maximum atomic E-state index is 12.8. The maximum Gasteiger partial charge on any atom is 0.344 e. The standard InChI is InChI=1S/C18H17BrFNO4/c1-12(18(23)21-10-13-5-7-15(20)8-6-13)25-17(22)11-24-16-4-2-3-14(19)9-16/h2-9,12H,10-11H2,1H3,(H,21,23). The second kappa shape index (κ2) is 9.17. The normalized spacial score (nSPS) is 11.5. The van der Waals surface area contributed by atoms with E-state index in [-0.39, 0.29) is 19.0 Å². The molecule has 0 heterocycles. The summed E-state index contributed by atoms with van der Waals surface area (Å²) >= 11 is 3.30. The second-order valence-electron chi connectivity index (χ2n) is 5.22. The number of esters is 1. The topological polar surface area (TPSA) is 64.6 Å². The molecule has 1 N–H and O–H groups in total. The quantitative estimate of drug-likeness (QED) is 0.713. The Bertz CT molecular complexity index is 736. The summed E-state index contributed by atoms with van der Waals surface area (Å²) in [5.74, 6) is -0.924. The van der Waals surface area contributed by atoms with Gasteiger partial charge in [-0.3, -0.25) is 4.79 Å². The molecule has 0 radical (unpaired) electrons. The van der Waals surface area contributed by atoms with Crippen LogP contribution < -0.4 is 10.1 Å². The molecular weight excluding hydrogens is 393 g/mol. The summed E-state index contributed by atoms with van der Waals surface area (Å²) in [6.07, 6.45) is -0.959. The highest BCUT2D eigenvalue weighted by atomic mass is 79.9. The molecule has 2 rings (SSSR count). The van der Waals surface area contributed by atoms with E-state index in [4.69, 9.17) is 9.47 Å². The number of benzene rings is 2. The SMILES string of the molecule is CC(OC(=O)COc1cccc(Br)c1)C(=O)NCc1ccc(F)cc1. The van der Waals surface area contributed by atoms with Crippen LogP contribution in [0.1, 0.15) is 12.5 Å². The average Bonchev–Trinajstić information content (AvgIpc) is 2.59. The average molecular weight is 410 g/mol. The van der Waals surface area contributed by atoms with Crippen molar-refractivity contribution in [1.82, 2.24) is 5.32 Å². The monoisotopic (exact) mass is 409 g/mol. The number of ether oxygens (including phenoxy) is 2. The molecule has 1 unspecified atom stereocenters. The zero-order valence-electron chi connectivity index (χ0n) is 13.5. The first-order chi connectivity index (χ1) is 11.9. The minimum atomic E-state index is -0.959. The molecule has 0 bridgehead atoms. The molecule has 2 aromatic carbocycles. The van der Waals surface area contributed by atoms with Crippen LogP contribution >= 0.6 is 15.9 Å². The summed E-state index contributed by atoms with van der Waals surface area (Å²) in [6, 6.07) is 12.8. The minimum Gasteiger partial charge on any atom is -0.482 e. The fourth-order valence-electron chi connectivity index (χ4n) is 1.92. The lowest BCUT2D eigenvalue weighted by Gasteiger charge is -2.14. The fraction of sp³-hybridized carbons (Fsp3) is 0.222.